The number of methoxy groups -OCH3 is 1. The lowest BCUT2D eigenvalue weighted by Gasteiger charge is -2.36. The zero-order valence-corrected chi connectivity index (χ0v) is 16.9. The Bertz CT molecular complexity index is 897. The lowest BCUT2D eigenvalue weighted by atomic mass is 10.2. The van der Waals surface area contributed by atoms with E-state index in [4.69, 9.17) is 4.74 Å². The van der Waals surface area contributed by atoms with Crippen LogP contribution in [0.4, 0.5) is 24.0 Å². The van der Waals surface area contributed by atoms with Crippen molar-refractivity contribution in [3.05, 3.63) is 29.3 Å². The summed E-state index contributed by atoms with van der Waals surface area (Å²) >= 11 is 0.241. The van der Waals surface area contributed by atoms with Crippen LogP contribution in [-0.4, -0.2) is 60.2 Å². The van der Waals surface area contributed by atoms with Crippen LogP contribution in [0.1, 0.15) is 17.8 Å². The van der Waals surface area contributed by atoms with Gasteiger partial charge in [-0.1, -0.05) is 23.5 Å². The third kappa shape index (κ3) is 5.38. The highest BCUT2D eigenvalue weighted by Crippen LogP contribution is 2.33. The zero-order chi connectivity index (χ0) is 21.7. The number of carbonyl (C=O) groups is 2. The second kappa shape index (κ2) is 9.28. The van der Waals surface area contributed by atoms with Crippen LogP contribution in [0.15, 0.2) is 24.3 Å². The predicted molar refractivity (Wildman–Crippen MR) is 105 cm³/mol. The third-order valence-electron chi connectivity index (χ3n) is 4.54. The number of benzene rings is 1. The fraction of sp³-hybridized carbons (Fsp3) is 0.444. The summed E-state index contributed by atoms with van der Waals surface area (Å²) in [4.78, 5) is 28.1. The number of rotatable bonds is 6. The number of aromatic nitrogens is 2. The summed E-state index contributed by atoms with van der Waals surface area (Å²) in [5.74, 6) is -0.00161. The fourth-order valence-corrected chi connectivity index (χ4v) is 3.66. The van der Waals surface area contributed by atoms with Crippen LogP contribution in [0.5, 0.6) is 5.75 Å². The number of piperazine rings is 1. The van der Waals surface area contributed by atoms with E-state index in [1.807, 2.05) is 24.3 Å². The van der Waals surface area contributed by atoms with Gasteiger partial charge in [-0.05, 0) is 12.1 Å². The first-order chi connectivity index (χ1) is 14.3. The van der Waals surface area contributed by atoms with Crippen LogP contribution in [0.3, 0.4) is 0 Å². The van der Waals surface area contributed by atoms with Crippen molar-refractivity contribution in [3.63, 3.8) is 0 Å². The summed E-state index contributed by atoms with van der Waals surface area (Å²) in [6.45, 7) is 2.26. The Kier molecular flexibility index (Phi) is 6.75. The number of halogens is 3. The number of para-hydroxylation sites is 2. The molecule has 1 aliphatic rings. The molecule has 30 heavy (non-hydrogen) atoms. The topological polar surface area (TPSA) is 87.7 Å². The summed E-state index contributed by atoms with van der Waals surface area (Å²) in [5, 5.41) is 7.15. The Labute approximate surface area is 174 Å². The smallest absolute Gasteiger partial charge is 0.445 e. The first-order valence-corrected chi connectivity index (χ1v) is 9.96. The van der Waals surface area contributed by atoms with Crippen LogP contribution in [0, 0.1) is 0 Å². The van der Waals surface area contributed by atoms with Gasteiger partial charge in [0.1, 0.15) is 5.75 Å². The number of amides is 2. The van der Waals surface area contributed by atoms with E-state index in [-0.39, 0.29) is 35.2 Å². The Morgan fingerprint density at radius 1 is 1.13 bits per heavy atom. The number of carbonyl (C=O) groups excluding carboxylic acids is 2. The quantitative estimate of drug-likeness (QED) is 0.739. The molecule has 2 amide bonds. The number of anilines is 2. The van der Waals surface area contributed by atoms with Gasteiger partial charge in [0.15, 0.2) is 0 Å². The number of nitrogens with one attached hydrogen (secondary N) is 1. The van der Waals surface area contributed by atoms with E-state index < -0.39 is 17.1 Å². The molecule has 0 atom stereocenters. The second-order valence-corrected chi connectivity index (χ2v) is 7.48. The molecule has 1 N–H and O–H groups in total. The van der Waals surface area contributed by atoms with Crippen molar-refractivity contribution in [1.82, 2.24) is 15.1 Å². The zero-order valence-electron chi connectivity index (χ0n) is 16.1. The standard InChI is InChI=1S/C18H20F3N5O3S/c1-29-13-5-3-2-4-12(13)25-8-10-26(11-9-25)15(28)7-6-14(27)22-17-24-23-16(30-17)18(19,20)21/h2-5H,6-11H2,1H3,(H,22,24,27). The minimum Gasteiger partial charge on any atom is -0.495 e. The lowest BCUT2D eigenvalue weighted by molar-refractivity contribution is -0.138. The molecule has 3 rings (SSSR count). The molecule has 162 valence electrons. The highest BCUT2D eigenvalue weighted by atomic mass is 32.1. The van der Waals surface area contributed by atoms with Gasteiger partial charge >= 0.3 is 6.18 Å². The van der Waals surface area contributed by atoms with E-state index >= 15 is 0 Å². The van der Waals surface area contributed by atoms with Gasteiger partial charge in [0, 0.05) is 39.0 Å². The van der Waals surface area contributed by atoms with Gasteiger partial charge in [-0.3, -0.25) is 9.59 Å². The number of hydrogen-bond donors (Lipinski definition) is 1. The van der Waals surface area contributed by atoms with Crippen LogP contribution < -0.4 is 15.0 Å². The minimum absolute atomic E-state index is 0.0363. The van der Waals surface area contributed by atoms with Crippen LogP contribution in [0.25, 0.3) is 0 Å². The molecule has 1 saturated heterocycles. The third-order valence-corrected chi connectivity index (χ3v) is 5.42. The van der Waals surface area contributed by atoms with E-state index in [2.05, 4.69) is 20.4 Å². The average Bonchev–Trinajstić information content (AvgIpc) is 3.21. The van der Waals surface area contributed by atoms with Gasteiger partial charge in [0.25, 0.3) is 0 Å². The van der Waals surface area contributed by atoms with E-state index in [1.54, 1.807) is 12.0 Å². The SMILES string of the molecule is COc1ccccc1N1CCN(C(=O)CCC(=O)Nc2nnc(C(F)(F)F)s2)CC1. The van der Waals surface area contributed by atoms with Crippen molar-refractivity contribution in [2.45, 2.75) is 19.0 Å². The molecule has 0 aliphatic carbocycles. The Morgan fingerprint density at radius 3 is 2.47 bits per heavy atom. The maximum atomic E-state index is 12.5. The van der Waals surface area contributed by atoms with Gasteiger partial charge in [-0.2, -0.15) is 13.2 Å². The summed E-state index contributed by atoms with van der Waals surface area (Å²) < 4.78 is 42.9. The first kappa shape index (κ1) is 21.8. The molecule has 8 nitrogen and oxygen atoms in total. The Morgan fingerprint density at radius 2 is 1.83 bits per heavy atom. The number of hydrogen-bond acceptors (Lipinski definition) is 7. The molecule has 1 aromatic carbocycles. The summed E-state index contributed by atoms with van der Waals surface area (Å²) in [6.07, 6.45) is -4.79. The van der Waals surface area contributed by atoms with Crippen molar-refractivity contribution >= 4 is 34.0 Å². The maximum absolute atomic E-state index is 12.5. The molecular weight excluding hydrogens is 423 g/mol. The molecule has 0 unspecified atom stereocenters. The van der Waals surface area contributed by atoms with Gasteiger partial charge in [0.2, 0.25) is 22.0 Å². The number of alkyl halides is 3. The molecule has 1 aromatic heterocycles. The molecule has 2 heterocycles. The molecule has 0 bridgehead atoms. The van der Waals surface area contributed by atoms with Crippen molar-refractivity contribution in [2.75, 3.05) is 43.5 Å². The molecule has 1 fully saturated rings. The molecule has 0 spiro atoms. The Hall–Kier alpha value is -2.89. The van der Waals surface area contributed by atoms with Crippen molar-refractivity contribution in [2.24, 2.45) is 0 Å². The van der Waals surface area contributed by atoms with Gasteiger partial charge in [0.05, 0.1) is 12.8 Å². The monoisotopic (exact) mass is 443 g/mol. The highest BCUT2D eigenvalue weighted by molar-refractivity contribution is 7.15. The van der Waals surface area contributed by atoms with E-state index in [0.717, 1.165) is 11.4 Å². The summed E-state index contributed by atoms with van der Waals surface area (Å²) in [5.41, 5.74) is 0.960. The maximum Gasteiger partial charge on any atom is 0.445 e. The van der Waals surface area contributed by atoms with E-state index in [9.17, 15) is 22.8 Å². The molecule has 12 heteroatoms. The molecule has 0 radical (unpaired) electrons. The van der Waals surface area contributed by atoms with Crippen molar-refractivity contribution in [3.8, 4) is 5.75 Å². The lowest BCUT2D eigenvalue weighted by Crippen LogP contribution is -2.49. The van der Waals surface area contributed by atoms with E-state index in [0.29, 0.717) is 26.2 Å². The largest absolute Gasteiger partial charge is 0.495 e. The second-order valence-electron chi connectivity index (χ2n) is 6.50. The molecule has 0 saturated carbocycles. The summed E-state index contributed by atoms with van der Waals surface area (Å²) in [7, 11) is 1.61. The predicted octanol–water partition coefficient (Wildman–Crippen LogP) is 2.63. The number of ether oxygens (including phenoxy) is 1. The van der Waals surface area contributed by atoms with Crippen LogP contribution >= 0.6 is 11.3 Å². The minimum atomic E-state index is -4.61. The normalized spacial score (nSPS) is 14.5. The average molecular weight is 443 g/mol. The van der Waals surface area contributed by atoms with Crippen LogP contribution in [-0.2, 0) is 15.8 Å². The van der Waals surface area contributed by atoms with Gasteiger partial charge in [-0.25, -0.2) is 0 Å². The summed E-state index contributed by atoms with van der Waals surface area (Å²) in [6, 6.07) is 7.64. The molecule has 1 aliphatic heterocycles. The van der Waals surface area contributed by atoms with Gasteiger partial charge < -0.3 is 19.9 Å². The highest BCUT2D eigenvalue weighted by Gasteiger charge is 2.35. The first-order valence-electron chi connectivity index (χ1n) is 9.14. The van der Waals surface area contributed by atoms with Gasteiger partial charge in [-0.15, -0.1) is 10.2 Å². The molecule has 2 aromatic rings. The van der Waals surface area contributed by atoms with E-state index in [1.165, 1.54) is 0 Å². The Balaban J connectivity index is 1.44. The fourth-order valence-electron chi connectivity index (χ4n) is 3.04. The van der Waals surface area contributed by atoms with Crippen molar-refractivity contribution in [1.29, 1.82) is 0 Å². The van der Waals surface area contributed by atoms with Crippen molar-refractivity contribution < 1.29 is 27.5 Å². The molecular formula is C18H20F3N5O3S. The van der Waals surface area contributed by atoms with Crippen LogP contribution in [0.2, 0.25) is 0 Å². The number of nitrogens with zero attached hydrogens (tertiary/aromatic N) is 4.